The number of likely N-dealkylation sites (tertiary alicyclic amines) is 1. The van der Waals surface area contributed by atoms with Gasteiger partial charge in [0, 0.05) is 50.8 Å². The van der Waals surface area contributed by atoms with Crippen molar-refractivity contribution >= 4 is 29.1 Å². The van der Waals surface area contributed by atoms with Gasteiger partial charge in [-0.25, -0.2) is 0 Å². The zero-order valence-electron chi connectivity index (χ0n) is 14.4. The Kier molecular flexibility index (Phi) is 6.35. The number of nitrogens with zero attached hydrogens (tertiary/aromatic N) is 2. The topological polar surface area (TPSA) is 69.7 Å². The molecule has 24 heavy (non-hydrogen) atoms. The van der Waals surface area contributed by atoms with Crippen molar-refractivity contribution in [3.05, 3.63) is 24.3 Å². The smallest absolute Gasteiger partial charge is 0.229 e. The van der Waals surface area contributed by atoms with Gasteiger partial charge >= 0.3 is 0 Å². The molecular weight excluding hydrogens is 306 g/mol. The van der Waals surface area contributed by atoms with E-state index in [2.05, 4.69) is 17.1 Å². The quantitative estimate of drug-likeness (QED) is 0.743. The van der Waals surface area contributed by atoms with Crippen LogP contribution in [0.5, 0.6) is 0 Å². The van der Waals surface area contributed by atoms with E-state index in [4.69, 9.17) is 0 Å². The number of unbranched alkanes of at least 4 members (excludes halogenated alkanes) is 1. The molecule has 1 aliphatic rings. The molecule has 1 saturated heterocycles. The second-order valence-corrected chi connectivity index (χ2v) is 6.06. The molecule has 0 unspecified atom stereocenters. The number of anilines is 2. The number of benzene rings is 1. The summed E-state index contributed by atoms with van der Waals surface area (Å²) in [6, 6.07) is 7.67. The molecule has 1 heterocycles. The summed E-state index contributed by atoms with van der Waals surface area (Å²) in [5.74, 6) is -0.575. The molecule has 3 amide bonds. The fraction of sp³-hybridized carbons (Fsp3) is 0.500. The number of hydrogen-bond acceptors (Lipinski definition) is 4. The fourth-order valence-electron chi connectivity index (χ4n) is 2.63. The Morgan fingerprint density at radius 3 is 2.38 bits per heavy atom. The zero-order valence-corrected chi connectivity index (χ0v) is 14.4. The molecule has 1 aromatic rings. The summed E-state index contributed by atoms with van der Waals surface area (Å²) in [6.45, 7) is 3.32. The highest BCUT2D eigenvalue weighted by Gasteiger charge is 2.28. The molecule has 0 saturated carbocycles. The van der Waals surface area contributed by atoms with Crippen molar-refractivity contribution in [2.45, 2.75) is 39.0 Å². The maximum Gasteiger partial charge on any atom is 0.229 e. The molecule has 6 heteroatoms. The van der Waals surface area contributed by atoms with Crippen LogP contribution in [-0.2, 0) is 14.4 Å². The summed E-state index contributed by atoms with van der Waals surface area (Å²) in [5, 5.41) is 2.80. The maximum absolute atomic E-state index is 12.0. The van der Waals surface area contributed by atoms with Crippen LogP contribution in [0.1, 0.15) is 39.0 Å². The summed E-state index contributed by atoms with van der Waals surface area (Å²) in [4.78, 5) is 38.3. The van der Waals surface area contributed by atoms with Crippen LogP contribution in [0.25, 0.3) is 0 Å². The predicted molar refractivity (Wildman–Crippen MR) is 93.8 cm³/mol. The van der Waals surface area contributed by atoms with Gasteiger partial charge < -0.3 is 10.2 Å². The third-order valence-electron chi connectivity index (χ3n) is 4.16. The third-order valence-corrected chi connectivity index (χ3v) is 4.16. The molecule has 0 radical (unpaired) electrons. The van der Waals surface area contributed by atoms with E-state index in [0.717, 1.165) is 25.1 Å². The Balaban J connectivity index is 1.81. The van der Waals surface area contributed by atoms with Crippen molar-refractivity contribution in [1.29, 1.82) is 0 Å². The van der Waals surface area contributed by atoms with E-state index in [1.807, 2.05) is 31.3 Å². The summed E-state index contributed by atoms with van der Waals surface area (Å²) < 4.78 is 0. The molecule has 2 rings (SSSR count). The molecule has 1 fully saturated rings. The van der Waals surface area contributed by atoms with E-state index in [0.29, 0.717) is 5.69 Å². The Morgan fingerprint density at radius 1 is 1.17 bits per heavy atom. The minimum Gasteiger partial charge on any atom is -0.375 e. The van der Waals surface area contributed by atoms with Gasteiger partial charge in [0.1, 0.15) is 0 Å². The van der Waals surface area contributed by atoms with Crippen LogP contribution >= 0.6 is 0 Å². The molecule has 1 N–H and O–H groups in total. The van der Waals surface area contributed by atoms with Gasteiger partial charge in [-0.1, -0.05) is 13.3 Å². The molecule has 0 atom stereocenters. The van der Waals surface area contributed by atoms with Crippen molar-refractivity contribution in [2.75, 3.05) is 30.4 Å². The molecule has 130 valence electrons. The SMILES string of the molecule is CCCCN(C)c1ccc(NC(=O)CCN2C(=O)CCC2=O)cc1. The lowest BCUT2D eigenvalue weighted by atomic mass is 10.2. The van der Waals surface area contributed by atoms with Crippen molar-refractivity contribution in [2.24, 2.45) is 0 Å². The van der Waals surface area contributed by atoms with Crippen LogP contribution in [0.4, 0.5) is 11.4 Å². The number of amides is 3. The number of nitrogens with one attached hydrogen (secondary N) is 1. The van der Waals surface area contributed by atoms with Gasteiger partial charge in [-0.3, -0.25) is 19.3 Å². The average Bonchev–Trinajstić information content (AvgIpc) is 2.89. The van der Waals surface area contributed by atoms with Gasteiger partial charge in [-0.05, 0) is 30.7 Å². The van der Waals surface area contributed by atoms with Gasteiger partial charge in [0.05, 0.1) is 0 Å². The van der Waals surface area contributed by atoms with Crippen LogP contribution in [0.2, 0.25) is 0 Å². The second-order valence-electron chi connectivity index (χ2n) is 6.06. The normalized spacial score (nSPS) is 14.2. The lowest BCUT2D eigenvalue weighted by Gasteiger charge is -2.19. The van der Waals surface area contributed by atoms with Crippen LogP contribution < -0.4 is 10.2 Å². The molecule has 1 aliphatic heterocycles. The minimum atomic E-state index is -0.199. The van der Waals surface area contributed by atoms with Gasteiger partial charge in [-0.15, -0.1) is 0 Å². The highest BCUT2D eigenvalue weighted by Crippen LogP contribution is 2.18. The summed E-state index contributed by atoms with van der Waals surface area (Å²) >= 11 is 0. The minimum absolute atomic E-state index is 0.121. The number of carbonyl (C=O) groups is 3. The van der Waals surface area contributed by atoms with Crippen LogP contribution in [0.15, 0.2) is 24.3 Å². The third kappa shape index (κ3) is 4.81. The first-order valence-corrected chi connectivity index (χ1v) is 8.45. The van der Waals surface area contributed by atoms with Gasteiger partial charge in [-0.2, -0.15) is 0 Å². The van der Waals surface area contributed by atoms with E-state index in [1.54, 1.807) is 0 Å². The molecule has 6 nitrogen and oxygen atoms in total. The zero-order chi connectivity index (χ0) is 17.5. The van der Waals surface area contributed by atoms with Crippen molar-refractivity contribution in [3.8, 4) is 0 Å². The largest absolute Gasteiger partial charge is 0.375 e. The number of hydrogen-bond donors (Lipinski definition) is 1. The molecular formula is C18H25N3O3. The molecule has 0 bridgehead atoms. The highest BCUT2D eigenvalue weighted by molar-refractivity contribution is 6.02. The van der Waals surface area contributed by atoms with Crippen molar-refractivity contribution < 1.29 is 14.4 Å². The summed E-state index contributed by atoms with van der Waals surface area (Å²) in [6.07, 6.45) is 2.93. The first-order valence-electron chi connectivity index (χ1n) is 8.45. The Hall–Kier alpha value is -2.37. The standard InChI is InChI=1S/C18H25N3O3/c1-3-4-12-20(2)15-7-5-14(6-8-15)19-16(22)11-13-21-17(23)9-10-18(21)24/h5-8H,3-4,9-13H2,1-2H3,(H,19,22). The predicted octanol–water partition coefficient (Wildman–Crippen LogP) is 2.40. The van der Waals surface area contributed by atoms with Gasteiger partial charge in [0.25, 0.3) is 0 Å². The van der Waals surface area contributed by atoms with E-state index >= 15 is 0 Å². The van der Waals surface area contributed by atoms with Crippen LogP contribution in [0, 0.1) is 0 Å². The van der Waals surface area contributed by atoms with Gasteiger partial charge in [0.2, 0.25) is 17.7 Å². The molecule has 0 spiro atoms. The molecule has 1 aromatic carbocycles. The Labute approximate surface area is 142 Å². The Bertz CT molecular complexity index is 582. The van der Waals surface area contributed by atoms with Crippen molar-refractivity contribution in [1.82, 2.24) is 4.90 Å². The molecule has 0 aromatic heterocycles. The average molecular weight is 331 g/mol. The first kappa shape index (κ1) is 18.0. The van der Waals surface area contributed by atoms with Gasteiger partial charge in [0.15, 0.2) is 0 Å². The Morgan fingerprint density at radius 2 is 1.79 bits per heavy atom. The van der Waals surface area contributed by atoms with Crippen LogP contribution in [-0.4, -0.2) is 42.8 Å². The first-order chi connectivity index (χ1) is 11.5. The maximum atomic E-state index is 12.0. The number of imide groups is 1. The van der Waals surface area contributed by atoms with E-state index in [-0.39, 0.29) is 43.5 Å². The summed E-state index contributed by atoms with van der Waals surface area (Å²) in [5.41, 5.74) is 1.82. The summed E-state index contributed by atoms with van der Waals surface area (Å²) in [7, 11) is 2.05. The number of rotatable bonds is 8. The van der Waals surface area contributed by atoms with E-state index in [1.165, 1.54) is 4.90 Å². The second kappa shape index (κ2) is 8.47. The highest BCUT2D eigenvalue weighted by atomic mass is 16.2. The van der Waals surface area contributed by atoms with E-state index in [9.17, 15) is 14.4 Å². The fourth-order valence-corrected chi connectivity index (χ4v) is 2.63. The monoisotopic (exact) mass is 331 g/mol. The van der Waals surface area contributed by atoms with Crippen LogP contribution in [0.3, 0.4) is 0 Å². The number of carbonyl (C=O) groups excluding carboxylic acids is 3. The molecule has 0 aliphatic carbocycles. The van der Waals surface area contributed by atoms with E-state index < -0.39 is 0 Å². The lowest BCUT2D eigenvalue weighted by molar-refractivity contribution is -0.138. The lowest BCUT2D eigenvalue weighted by Crippen LogP contribution is -2.32. The van der Waals surface area contributed by atoms with Crippen molar-refractivity contribution in [3.63, 3.8) is 0 Å².